The predicted octanol–water partition coefficient (Wildman–Crippen LogP) is 1.67. The molecule has 0 aromatic heterocycles. The van der Waals surface area contributed by atoms with Crippen molar-refractivity contribution >= 4 is 17.7 Å². The maximum Gasteiger partial charge on any atom is 0.324 e. The van der Waals surface area contributed by atoms with E-state index in [4.69, 9.17) is 9.84 Å². The van der Waals surface area contributed by atoms with Crippen molar-refractivity contribution in [2.45, 2.75) is 6.42 Å². The third-order valence-corrected chi connectivity index (χ3v) is 2.76. The minimum absolute atomic E-state index is 0.338. The first-order chi connectivity index (χ1) is 9.56. The first-order valence-corrected chi connectivity index (χ1v) is 6.34. The van der Waals surface area contributed by atoms with Crippen molar-refractivity contribution in [2.75, 3.05) is 38.8 Å². The number of rotatable bonds is 7. The van der Waals surface area contributed by atoms with E-state index in [0.717, 1.165) is 0 Å². The molecule has 1 rings (SSSR count). The number of carboxylic acid groups (broad SMARTS) is 1. The molecule has 0 aliphatic rings. The molecule has 0 spiro atoms. The summed E-state index contributed by atoms with van der Waals surface area (Å²) >= 11 is 0. The molecule has 0 bridgehead atoms. The Kier molecular flexibility index (Phi) is 6.52. The number of urea groups is 1. The molecule has 20 heavy (non-hydrogen) atoms. The normalized spacial score (nSPS) is 10.1. The Hall–Kier alpha value is -2.08. The second kappa shape index (κ2) is 8.16. The van der Waals surface area contributed by atoms with E-state index in [1.54, 1.807) is 38.4 Å². The fraction of sp³-hybridized carbons (Fsp3) is 0.429. The van der Waals surface area contributed by atoms with Gasteiger partial charge in [0.1, 0.15) is 6.54 Å². The summed E-state index contributed by atoms with van der Waals surface area (Å²) in [5.74, 6) is -1.05. The third-order valence-electron chi connectivity index (χ3n) is 2.76. The van der Waals surface area contributed by atoms with Crippen LogP contribution < -0.4 is 4.90 Å². The van der Waals surface area contributed by atoms with Gasteiger partial charge in [-0.3, -0.25) is 9.69 Å². The van der Waals surface area contributed by atoms with Gasteiger partial charge < -0.3 is 14.7 Å². The molecule has 6 heteroatoms. The number of carboxylic acids is 1. The average molecular weight is 280 g/mol. The second-order valence-corrected chi connectivity index (χ2v) is 4.37. The van der Waals surface area contributed by atoms with Crippen molar-refractivity contribution < 1.29 is 19.4 Å². The van der Waals surface area contributed by atoms with Crippen LogP contribution in [0.1, 0.15) is 6.42 Å². The Morgan fingerprint density at radius 3 is 2.45 bits per heavy atom. The summed E-state index contributed by atoms with van der Waals surface area (Å²) in [7, 11) is 3.25. The molecule has 0 saturated carbocycles. The van der Waals surface area contributed by atoms with Gasteiger partial charge >= 0.3 is 12.0 Å². The standard InChI is InChI=1S/C14H20N2O4/c1-15(9-6-10-20-2)14(19)16(11-13(17)18)12-7-4-3-5-8-12/h3-5,7-8H,6,9-11H2,1-2H3,(H,17,18). The van der Waals surface area contributed by atoms with Gasteiger partial charge in [-0.1, -0.05) is 18.2 Å². The van der Waals surface area contributed by atoms with Crippen LogP contribution in [0.25, 0.3) is 0 Å². The van der Waals surface area contributed by atoms with Crippen LogP contribution in [0, 0.1) is 0 Å². The highest BCUT2D eigenvalue weighted by Gasteiger charge is 2.21. The fourth-order valence-electron chi connectivity index (χ4n) is 1.76. The summed E-state index contributed by atoms with van der Waals surface area (Å²) in [6.45, 7) is 0.703. The molecule has 0 saturated heterocycles. The SMILES string of the molecule is COCCCN(C)C(=O)N(CC(=O)O)c1ccccc1. The van der Waals surface area contributed by atoms with Crippen molar-refractivity contribution in [3.63, 3.8) is 0 Å². The number of aliphatic carboxylic acids is 1. The predicted molar refractivity (Wildman–Crippen MR) is 75.9 cm³/mol. The largest absolute Gasteiger partial charge is 0.480 e. The second-order valence-electron chi connectivity index (χ2n) is 4.37. The van der Waals surface area contributed by atoms with Gasteiger partial charge in [0, 0.05) is 33.0 Å². The molecule has 2 amide bonds. The molecule has 0 radical (unpaired) electrons. The van der Waals surface area contributed by atoms with Gasteiger partial charge in [-0.2, -0.15) is 0 Å². The Morgan fingerprint density at radius 1 is 1.25 bits per heavy atom. The minimum atomic E-state index is -1.05. The summed E-state index contributed by atoms with van der Waals surface area (Å²) in [6, 6.07) is 8.43. The summed E-state index contributed by atoms with van der Waals surface area (Å²) in [4.78, 5) is 26.0. The molecule has 0 atom stereocenters. The Bertz CT molecular complexity index is 436. The topological polar surface area (TPSA) is 70.1 Å². The van der Waals surface area contributed by atoms with Crippen molar-refractivity contribution in [3.05, 3.63) is 30.3 Å². The molecule has 110 valence electrons. The van der Waals surface area contributed by atoms with E-state index in [1.807, 2.05) is 6.07 Å². The van der Waals surface area contributed by atoms with Crippen LogP contribution in [-0.4, -0.2) is 55.9 Å². The van der Waals surface area contributed by atoms with Crippen LogP contribution in [0.5, 0.6) is 0 Å². The van der Waals surface area contributed by atoms with E-state index in [9.17, 15) is 9.59 Å². The number of carbonyl (C=O) groups is 2. The summed E-state index contributed by atoms with van der Waals surface area (Å²) < 4.78 is 4.94. The number of hydrogen-bond donors (Lipinski definition) is 1. The first-order valence-electron chi connectivity index (χ1n) is 6.34. The van der Waals surface area contributed by atoms with Crippen molar-refractivity contribution in [1.82, 2.24) is 4.90 Å². The molecule has 0 unspecified atom stereocenters. The molecule has 0 aliphatic carbocycles. The van der Waals surface area contributed by atoms with Gasteiger partial charge in [0.2, 0.25) is 0 Å². The summed E-state index contributed by atoms with van der Waals surface area (Å²) in [5, 5.41) is 8.96. The van der Waals surface area contributed by atoms with Crippen LogP contribution in [-0.2, 0) is 9.53 Å². The number of nitrogens with zero attached hydrogens (tertiary/aromatic N) is 2. The number of ether oxygens (including phenoxy) is 1. The number of hydrogen-bond acceptors (Lipinski definition) is 3. The maximum absolute atomic E-state index is 12.3. The van der Waals surface area contributed by atoms with Gasteiger partial charge in [0.15, 0.2) is 0 Å². The quantitative estimate of drug-likeness (QED) is 0.771. The van der Waals surface area contributed by atoms with E-state index in [0.29, 0.717) is 25.3 Å². The molecule has 0 heterocycles. The van der Waals surface area contributed by atoms with Gasteiger partial charge in [-0.05, 0) is 18.6 Å². The van der Waals surface area contributed by atoms with Crippen molar-refractivity contribution in [3.8, 4) is 0 Å². The van der Waals surface area contributed by atoms with E-state index in [-0.39, 0.29) is 12.6 Å². The molecule has 0 aliphatic heterocycles. The van der Waals surface area contributed by atoms with Gasteiger partial charge in [0.05, 0.1) is 0 Å². The smallest absolute Gasteiger partial charge is 0.324 e. The fourth-order valence-corrected chi connectivity index (χ4v) is 1.76. The molecule has 0 fully saturated rings. The van der Waals surface area contributed by atoms with Gasteiger partial charge in [0.25, 0.3) is 0 Å². The van der Waals surface area contributed by atoms with Gasteiger partial charge in [-0.25, -0.2) is 4.79 Å². The lowest BCUT2D eigenvalue weighted by Crippen LogP contribution is -2.44. The molecule has 6 nitrogen and oxygen atoms in total. The lowest BCUT2D eigenvalue weighted by Gasteiger charge is -2.27. The lowest BCUT2D eigenvalue weighted by atomic mass is 10.3. The number of methoxy groups -OCH3 is 1. The Balaban J connectivity index is 2.77. The number of para-hydroxylation sites is 1. The number of carbonyl (C=O) groups excluding carboxylic acids is 1. The minimum Gasteiger partial charge on any atom is -0.480 e. The van der Waals surface area contributed by atoms with Gasteiger partial charge in [-0.15, -0.1) is 0 Å². The zero-order valence-electron chi connectivity index (χ0n) is 11.8. The van der Waals surface area contributed by atoms with Crippen molar-refractivity contribution in [1.29, 1.82) is 0 Å². The van der Waals surface area contributed by atoms with Crippen LogP contribution in [0.4, 0.5) is 10.5 Å². The highest BCUT2D eigenvalue weighted by molar-refractivity contribution is 5.96. The molecule has 1 aromatic rings. The zero-order valence-corrected chi connectivity index (χ0v) is 11.8. The van der Waals surface area contributed by atoms with E-state index < -0.39 is 5.97 Å². The van der Waals surface area contributed by atoms with Crippen LogP contribution in [0.2, 0.25) is 0 Å². The van der Waals surface area contributed by atoms with Crippen molar-refractivity contribution in [2.24, 2.45) is 0 Å². The third kappa shape index (κ3) is 4.89. The summed E-state index contributed by atoms with van der Waals surface area (Å²) in [6.07, 6.45) is 0.703. The lowest BCUT2D eigenvalue weighted by molar-refractivity contribution is -0.135. The van der Waals surface area contributed by atoms with E-state index in [1.165, 1.54) is 9.80 Å². The number of anilines is 1. The maximum atomic E-state index is 12.3. The molecular formula is C14H20N2O4. The molecular weight excluding hydrogens is 260 g/mol. The number of benzene rings is 1. The highest BCUT2D eigenvalue weighted by Crippen LogP contribution is 2.15. The molecule has 1 aromatic carbocycles. The Labute approximate surface area is 118 Å². The average Bonchev–Trinajstić information content (AvgIpc) is 2.45. The van der Waals surface area contributed by atoms with Crippen LogP contribution in [0.3, 0.4) is 0 Å². The first kappa shape index (κ1) is 16.0. The van der Waals surface area contributed by atoms with E-state index >= 15 is 0 Å². The summed E-state index contributed by atoms with van der Waals surface area (Å²) in [5.41, 5.74) is 0.568. The highest BCUT2D eigenvalue weighted by atomic mass is 16.5. The zero-order chi connectivity index (χ0) is 15.0. The monoisotopic (exact) mass is 280 g/mol. The molecule has 1 N–H and O–H groups in total. The Morgan fingerprint density at radius 2 is 1.90 bits per heavy atom. The van der Waals surface area contributed by atoms with Crippen LogP contribution >= 0.6 is 0 Å². The number of amides is 2. The van der Waals surface area contributed by atoms with E-state index in [2.05, 4.69) is 0 Å². The van der Waals surface area contributed by atoms with Crippen LogP contribution in [0.15, 0.2) is 30.3 Å².